The van der Waals surface area contributed by atoms with Crippen LogP contribution < -0.4 is 0 Å². The summed E-state index contributed by atoms with van der Waals surface area (Å²) < 4.78 is 8.13. The van der Waals surface area contributed by atoms with Gasteiger partial charge in [0.1, 0.15) is 15.9 Å². The summed E-state index contributed by atoms with van der Waals surface area (Å²) in [5.41, 5.74) is 4.43. The van der Waals surface area contributed by atoms with Gasteiger partial charge in [-0.05, 0) is 36.9 Å². The molecule has 6 rings (SSSR count). The van der Waals surface area contributed by atoms with Crippen molar-refractivity contribution in [1.82, 2.24) is 29.7 Å². The lowest BCUT2D eigenvalue weighted by Gasteiger charge is -1.98. The molecule has 0 N–H and O–H groups in total. The van der Waals surface area contributed by atoms with E-state index in [-0.39, 0.29) is 0 Å². The lowest BCUT2D eigenvalue weighted by atomic mass is 10.1. The Morgan fingerprint density at radius 2 is 2.07 bits per heavy atom. The topological polar surface area (TPSA) is 82.0 Å². The fourth-order valence-corrected chi connectivity index (χ4v) is 5.29. The second kappa shape index (κ2) is 5.66. The Morgan fingerprint density at radius 3 is 2.93 bits per heavy atom. The SMILES string of the molecule is Cc1cc(C)c2c(n1)sc1c2ncn2nc(-c3cc(-c4cccs4)on3)nc12. The van der Waals surface area contributed by atoms with Crippen molar-refractivity contribution in [3.8, 4) is 22.2 Å². The summed E-state index contributed by atoms with van der Waals surface area (Å²) in [5, 5.41) is 11.8. The van der Waals surface area contributed by atoms with Gasteiger partial charge in [-0.1, -0.05) is 11.2 Å². The molecule has 0 spiro atoms. The highest BCUT2D eigenvalue weighted by atomic mass is 32.1. The van der Waals surface area contributed by atoms with Gasteiger partial charge in [-0.2, -0.15) is 0 Å². The molecule has 0 fully saturated rings. The molecular weight excluding hydrogens is 392 g/mol. The van der Waals surface area contributed by atoms with Crippen molar-refractivity contribution in [2.24, 2.45) is 0 Å². The van der Waals surface area contributed by atoms with E-state index in [0.29, 0.717) is 17.3 Å². The molecule has 0 aliphatic carbocycles. The standard InChI is InChI=1S/C19H12N6OS2/c1-9-6-10(2)21-19-14(9)15-16(28-19)18-22-17(23-25(18)8-20-15)11-7-12(26-24-11)13-4-3-5-27-13/h3-8H,1-2H3. The molecular formula is C19H12N6OS2. The average Bonchev–Trinajstić information content (AvgIpc) is 3.42. The van der Waals surface area contributed by atoms with Gasteiger partial charge in [0.25, 0.3) is 0 Å². The van der Waals surface area contributed by atoms with Crippen LogP contribution in [0, 0.1) is 13.8 Å². The first-order valence-electron chi connectivity index (χ1n) is 8.60. The third-order valence-electron chi connectivity index (χ3n) is 4.60. The van der Waals surface area contributed by atoms with Crippen LogP contribution in [-0.4, -0.2) is 29.7 Å². The summed E-state index contributed by atoms with van der Waals surface area (Å²) in [7, 11) is 0. The van der Waals surface area contributed by atoms with Crippen LogP contribution in [0.25, 0.3) is 48.2 Å². The third-order valence-corrected chi connectivity index (χ3v) is 6.55. The first-order valence-corrected chi connectivity index (χ1v) is 10.3. The summed E-state index contributed by atoms with van der Waals surface area (Å²) in [6, 6.07) is 7.92. The van der Waals surface area contributed by atoms with E-state index in [0.717, 1.165) is 36.7 Å². The van der Waals surface area contributed by atoms with E-state index in [1.54, 1.807) is 33.5 Å². The van der Waals surface area contributed by atoms with E-state index < -0.39 is 0 Å². The molecule has 0 aliphatic heterocycles. The quantitative estimate of drug-likeness (QED) is 0.409. The summed E-state index contributed by atoms with van der Waals surface area (Å²) in [6.07, 6.45) is 1.69. The number of pyridine rings is 1. The molecule has 0 radical (unpaired) electrons. The van der Waals surface area contributed by atoms with E-state index in [1.807, 2.05) is 30.5 Å². The van der Waals surface area contributed by atoms with Gasteiger partial charge in [0.05, 0.1) is 10.4 Å². The largest absolute Gasteiger partial charge is 0.355 e. The zero-order valence-corrected chi connectivity index (χ0v) is 16.5. The molecule has 136 valence electrons. The van der Waals surface area contributed by atoms with Crippen molar-refractivity contribution in [2.75, 3.05) is 0 Å². The number of rotatable bonds is 2. The van der Waals surface area contributed by atoms with Crippen molar-refractivity contribution in [3.05, 3.63) is 47.2 Å². The molecule has 0 aliphatic rings. The van der Waals surface area contributed by atoms with Crippen LogP contribution in [0.15, 0.2) is 40.5 Å². The highest BCUT2D eigenvalue weighted by molar-refractivity contribution is 7.26. The molecule has 0 saturated carbocycles. The fourth-order valence-electron chi connectivity index (χ4n) is 3.39. The monoisotopic (exact) mass is 404 g/mol. The van der Waals surface area contributed by atoms with Gasteiger partial charge < -0.3 is 4.52 Å². The Balaban J connectivity index is 1.56. The number of hydrogen-bond acceptors (Lipinski definition) is 8. The van der Waals surface area contributed by atoms with Crippen LogP contribution in [0.2, 0.25) is 0 Å². The van der Waals surface area contributed by atoms with Gasteiger partial charge >= 0.3 is 0 Å². The second-order valence-electron chi connectivity index (χ2n) is 6.54. The minimum absolute atomic E-state index is 0.513. The number of hydrogen-bond donors (Lipinski definition) is 0. The van der Waals surface area contributed by atoms with E-state index in [2.05, 4.69) is 33.2 Å². The van der Waals surface area contributed by atoms with Crippen LogP contribution in [0.4, 0.5) is 0 Å². The summed E-state index contributed by atoms with van der Waals surface area (Å²) >= 11 is 3.19. The number of aromatic nitrogens is 6. The molecule has 6 aromatic heterocycles. The van der Waals surface area contributed by atoms with Crippen LogP contribution in [0.3, 0.4) is 0 Å². The minimum atomic E-state index is 0.513. The maximum atomic E-state index is 5.47. The third kappa shape index (κ3) is 2.23. The molecule has 0 bridgehead atoms. The van der Waals surface area contributed by atoms with Gasteiger partial charge in [0.15, 0.2) is 17.1 Å². The zero-order valence-electron chi connectivity index (χ0n) is 14.9. The van der Waals surface area contributed by atoms with Crippen molar-refractivity contribution < 1.29 is 4.52 Å². The number of fused-ring (bicyclic) bond motifs is 5. The van der Waals surface area contributed by atoms with Crippen LogP contribution in [-0.2, 0) is 0 Å². The van der Waals surface area contributed by atoms with Crippen LogP contribution in [0.1, 0.15) is 11.3 Å². The fraction of sp³-hybridized carbons (Fsp3) is 0.105. The van der Waals surface area contributed by atoms with Crippen LogP contribution in [0.5, 0.6) is 0 Å². The number of thiophene rings is 2. The first kappa shape index (κ1) is 15.8. The van der Waals surface area contributed by atoms with E-state index in [1.165, 1.54) is 5.56 Å². The van der Waals surface area contributed by atoms with Crippen molar-refractivity contribution in [3.63, 3.8) is 0 Å². The molecule has 0 unspecified atom stereocenters. The molecule has 6 heterocycles. The molecule has 0 saturated heterocycles. The molecule has 0 aromatic carbocycles. The minimum Gasteiger partial charge on any atom is -0.355 e. The van der Waals surface area contributed by atoms with E-state index in [4.69, 9.17) is 9.51 Å². The summed E-state index contributed by atoms with van der Waals surface area (Å²) in [4.78, 5) is 16.0. The van der Waals surface area contributed by atoms with Crippen molar-refractivity contribution >= 4 is 48.8 Å². The van der Waals surface area contributed by atoms with Crippen molar-refractivity contribution in [1.29, 1.82) is 0 Å². The van der Waals surface area contributed by atoms with Gasteiger partial charge in [0, 0.05) is 17.1 Å². The maximum Gasteiger partial charge on any atom is 0.204 e. The van der Waals surface area contributed by atoms with Crippen LogP contribution >= 0.6 is 22.7 Å². The highest BCUT2D eigenvalue weighted by Crippen LogP contribution is 2.36. The second-order valence-corrected chi connectivity index (χ2v) is 8.49. The lowest BCUT2D eigenvalue weighted by molar-refractivity contribution is 0.435. The van der Waals surface area contributed by atoms with E-state index in [9.17, 15) is 0 Å². The predicted octanol–water partition coefficient (Wildman–Crippen LogP) is 4.89. The summed E-state index contributed by atoms with van der Waals surface area (Å²) in [5.74, 6) is 1.23. The molecule has 0 atom stereocenters. The van der Waals surface area contributed by atoms with E-state index >= 15 is 0 Å². The normalized spacial score (nSPS) is 11.9. The zero-order chi connectivity index (χ0) is 18.8. The molecule has 9 heteroatoms. The molecule has 28 heavy (non-hydrogen) atoms. The Morgan fingerprint density at radius 1 is 1.14 bits per heavy atom. The van der Waals surface area contributed by atoms with Gasteiger partial charge in [0.2, 0.25) is 5.82 Å². The summed E-state index contributed by atoms with van der Waals surface area (Å²) in [6.45, 7) is 4.09. The number of aryl methyl sites for hydroxylation is 2. The average molecular weight is 404 g/mol. The predicted molar refractivity (Wildman–Crippen MR) is 110 cm³/mol. The first-order chi connectivity index (χ1) is 13.7. The molecule has 7 nitrogen and oxygen atoms in total. The molecule has 6 aromatic rings. The molecule has 0 amide bonds. The Bertz CT molecular complexity index is 1490. The van der Waals surface area contributed by atoms with Crippen molar-refractivity contribution in [2.45, 2.75) is 13.8 Å². The van der Waals surface area contributed by atoms with Gasteiger partial charge in [-0.25, -0.2) is 19.5 Å². The van der Waals surface area contributed by atoms with Gasteiger partial charge in [-0.3, -0.25) is 0 Å². The highest BCUT2D eigenvalue weighted by Gasteiger charge is 2.18. The lowest BCUT2D eigenvalue weighted by Crippen LogP contribution is -1.90. The van der Waals surface area contributed by atoms with Gasteiger partial charge in [-0.15, -0.1) is 27.8 Å². The number of nitrogens with zero attached hydrogens (tertiary/aromatic N) is 6. The Labute approximate surface area is 166 Å². The maximum absolute atomic E-state index is 5.47. The Kier molecular flexibility index (Phi) is 3.21. The Hall–Kier alpha value is -3.17. The smallest absolute Gasteiger partial charge is 0.204 e.